The van der Waals surface area contributed by atoms with Gasteiger partial charge in [0.25, 0.3) is 0 Å². The van der Waals surface area contributed by atoms with Gasteiger partial charge in [0.05, 0.1) is 18.0 Å². The van der Waals surface area contributed by atoms with E-state index in [2.05, 4.69) is 10.2 Å². The van der Waals surface area contributed by atoms with E-state index in [0.29, 0.717) is 22.5 Å². The monoisotopic (exact) mass is 402 g/mol. The molecule has 0 saturated heterocycles. The molecule has 28 heavy (non-hydrogen) atoms. The van der Waals surface area contributed by atoms with Gasteiger partial charge >= 0.3 is 0 Å². The smallest absolute Gasteiger partial charge is 0.230 e. The molecule has 1 amide bonds. The Hall–Kier alpha value is -3.07. The first kappa shape index (κ1) is 19.7. The van der Waals surface area contributed by atoms with Crippen LogP contribution < -0.4 is 15.2 Å². The number of thioether (sulfide) groups is 1. The molecular formula is C19H19FN4O3S. The first-order valence-electron chi connectivity index (χ1n) is 8.41. The number of nitrogens with two attached hydrogens (primary N) is 1. The van der Waals surface area contributed by atoms with Crippen LogP contribution in [0.25, 0.3) is 5.69 Å². The Balaban J connectivity index is 1.90. The van der Waals surface area contributed by atoms with Crippen LogP contribution in [0.2, 0.25) is 0 Å². The van der Waals surface area contributed by atoms with Crippen molar-refractivity contribution in [1.82, 2.24) is 14.8 Å². The van der Waals surface area contributed by atoms with Gasteiger partial charge < -0.3 is 15.2 Å². The average molecular weight is 402 g/mol. The first-order valence-corrected chi connectivity index (χ1v) is 9.29. The topological polar surface area (TPSA) is 92.3 Å². The van der Waals surface area contributed by atoms with E-state index in [4.69, 9.17) is 15.2 Å². The number of methoxy groups -OCH3 is 1. The molecule has 7 nitrogen and oxygen atoms in total. The van der Waals surface area contributed by atoms with Gasteiger partial charge in [0.15, 0.2) is 11.0 Å². The summed E-state index contributed by atoms with van der Waals surface area (Å²) in [6.07, 6.45) is 0. The Kier molecular flexibility index (Phi) is 6.15. The number of hydrogen-bond donors (Lipinski definition) is 1. The van der Waals surface area contributed by atoms with Crippen LogP contribution in [0.5, 0.6) is 11.5 Å². The van der Waals surface area contributed by atoms with Crippen molar-refractivity contribution in [1.29, 1.82) is 0 Å². The minimum atomic E-state index is -0.551. The number of nitrogens with zero attached hydrogens (tertiary/aromatic N) is 3. The second kappa shape index (κ2) is 8.75. The standard InChI is InChI=1S/C19H19FN4O3S/c1-12(18(21)25)28-19-23-22-17(24(19)16-6-4-3-5-15(16)20)11-27-14-9-7-13(26-2)8-10-14/h3-10,12H,11H2,1-2H3,(H2,21,25)/t12-/m1/s1. The third kappa shape index (κ3) is 4.42. The Morgan fingerprint density at radius 1 is 1.18 bits per heavy atom. The van der Waals surface area contributed by atoms with E-state index in [9.17, 15) is 9.18 Å². The Labute approximate surface area is 165 Å². The molecule has 2 aromatic carbocycles. The SMILES string of the molecule is COc1ccc(OCc2nnc(S[C@H](C)C(N)=O)n2-c2ccccc2F)cc1. The zero-order chi connectivity index (χ0) is 20.1. The lowest BCUT2D eigenvalue weighted by Gasteiger charge is -2.13. The van der Waals surface area contributed by atoms with Crippen LogP contribution in [0.15, 0.2) is 53.7 Å². The Morgan fingerprint density at radius 3 is 2.50 bits per heavy atom. The predicted molar refractivity (Wildman–Crippen MR) is 103 cm³/mol. The van der Waals surface area contributed by atoms with Crippen LogP contribution in [0.3, 0.4) is 0 Å². The van der Waals surface area contributed by atoms with Gasteiger partial charge in [-0.05, 0) is 43.3 Å². The fourth-order valence-electron chi connectivity index (χ4n) is 2.38. The number of benzene rings is 2. The molecular weight excluding hydrogens is 383 g/mol. The second-order valence-electron chi connectivity index (χ2n) is 5.81. The highest BCUT2D eigenvalue weighted by atomic mass is 32.2. The molecule has 0 aliphatic heterocycles. The molecule has 1 atom stereocenters. The van der Waals surface area contributed by atoms with E-state index < -0.39 is 17.0 Å². The van der Waals surface area contributed by atoms with Gasteiger partial charge in [-0.25, -0.2) is 4.39 Å². The van der Waals surface area contributed by atoms with Gasteiger partial charge in [-0.15, -0.1) is 10.2 Å². The lowest BCUT2D eigenvalue weighted by Crippen LogP contribution is -2.23. The highest BCUT2D eigenvalue weighted by Crippen LogP contribution is 2.27. The van der Waals surface area contributed by atoms with Crippen molar-refractivity contribution in [2.24, 2.45) is 5.73 Å². The van der Waals surface area contributed by atoms with Crippen molar-refractivity contribution >= 4 is 17.7 Å². The molecule has 146 valence electrons. The summed E-state index contributed by atoms with van der Waals surface area (Å²) in [6, 6.07) is 13.3. The van der Waals surface area contributed by atoms with Crippen LogP contribution in [-0.4, -0.2) is 33.0 Å². The van der Waals surface area contributed by atoms with Gasteiger partial charge in [0, 0.05) is 0 Å². The molecule has 0 unspecified atom stereocenters. The molecule has 0 saturated carbocycles. The molecule has 1 aromatic heterocycles. The van der Waals surface area contributed by atoms with Crippen molar-refractivity contribution in [3.8, 4) is 17.2 Å². The number of amides is 1. The number of carbonyl (C=O) groups is 1. The lowest BCUT2D eigenvalue weighted by atomic mass is 10.3. The molecule has 1 heterocycles. The Morgan fingerprint density at radius 2 is 1.86 bits per heavy atom. The summed E-state index contributed by atoms with van der Waals surface area (Å²) in [5.41, 5.74) is 5.61. The van der Waals surface area contributed by atoms with Crippen LogP contribution in [0, 0.1) is 5.82 Å². The fourth-order valence-corrected chi connectivity index (χ4v) is 3.21. The lowest BCUT2D eigenvalue weighted by molar-refractivity contribution is -0.117. The van der Waals surface area contributed by atoms with E-state index in [1.54, 1.807) is 56.5 Å². The fraction of sp³-hybridized carbons (Fsp3) is 0.211. The first-order chi connectivity index (χ1) is 13.5. The van der Waals surface area contributed by atoms with Gasteiger partial charge in [-0.1, -0.05) is 23.9 Å². The van der Waals surface area contributed by atoms with Crippen LogP contribution in [0.1, 0.15) is 12.7 Å². The zero-order valence-electron chi connectivity index (χ0n) is 15.3. The van der Waals surface area contributed by atoms with Gasteiger partial charge in [-0.3, -0.25) is 9.36 Å². The van der Waals surface area contributed by atoms with Crippen molar-refractivity contribution < 1.29 is 18.7 Å². The molecule has 2 N–H and O–H groups in total. The van der Waals surface area contributed by atoms with Gasteiger partial charge in [0.2, 0.25) is 5.91 Å². The summed E-state index contributed by atoms with van der Waals surface area (Å²) in [4.78, 5) is 11.4. The van der Waals surface area contributed by atoms with E-state index in [1.165, 1.54) is 10.6 Å². The number of hydrogen-bond acceptors (Lipinski definition) is 6. The summed E-state index contributed by atoms with van der Waals surface area (Å²) >= 11 is 1.11. The molecule has 9 heteroatoms. The summed E-state index contributed by atoms with van der Waals surface area (Å²) in [6.45, 7) is 1.71. The molecule has 3 aromatic rings. The molecule has 0 fully saturated rings. The van der Waals surface area contributed by atoms with Gasteiger partial charge in [0.1, 0.15) is 23.9 Å². The third-order valence-corrected chi connectivity index (χ3v) is 4.96. The maximum absolute atomic E-state index is 14.4. The molecule has 0 aliphatic rings. The highest BCUT2D eigenvalue weighted by molar-refractivity contribution is 8.00. The number of halogens is 1. The van der Waals surface area contributed by atoms with Crippen molar-refractivity contribution in [3.05, 3.63) is 60.2 Å². The predicted octanol–water partition coefficient (Wildman–Crippen LogP) is 2.96. The number of aromatic nitrogens is 3. The minimum Gasteiger partial charge on any atom is -0.497 e. The van der Waals surface area contributed by atoms with Crippen LogP contribution in [0.4, 0.5) is 4.39 Å². The van der Waals surface area contributed by atoms with E-state index in [1.807, 2.05) is 0 Å². The van der Waals surface area contributed by atoms with Crippen LogP contribution in [-0.2, 0) is 11.4 Å². The third-order valence-electron chi connectivity index (χ3n) is 3.90. The van der Waals surface area contributed by atoms with Crippen molar-refractivity contribution in [2.75, 3.05) is 7.11 Å². The van der Waals surface area contributed by atoms with Crippen molar-refractivity contribution in [2.45, 2.75) is 23.9 Å². The normalized spacial score (nSPS) is 11.8. The van der Waals surface area contributed by atoms with E-state index in [-0.39, 0.29) is 12.3 Å². The van der Waals surface area contributed by atoms with Crippen molar-refractivity contribution in [3.63, 3.8) is 0 Å². The van der Waals surface area contributed by atoms with Gasteiger partial charge in [-0.2, -0.15) is 0 Å². The second-order valence-corrected chi connectivity index (χ2v) is 7.12. The number of para-hydroxylation sites is 1. The molecule has 0 bridgehead atoms. The molecule has 0 radical (unpaired) electrons. The summed E-state index contributed by atoms with van der Waals surface area (Å²) in [5, 5.41) is 8.02. The van der Waals surface area contributed by atoms with E-state index >= 15 is 0 Å². The molecule has 0 spiro atoms. The summed E-state index contributed by atoms with van der Waals surface area (Å²) < 4.78 is 26.8. The number of ether oxygens (including phenoxy) is 2. The van der Waals surface area contributed by atoms with E-state index in [0.717, 1.165) is 11.8 Å². The Bertz CT molecular complexity index is 962. The highest BCUT2D eigenvalue weighted by Gasteiger charge is 2.21. The number of primary amides is 1. The summed E-state index contributed by atoms with van der Waals surface area (Å²) in [7, 11) is 1.58. The quantitative estimate of drug-likeness (QED) is 0.583. The van der Waals surface area contributed by atoms with Crippen LogP contribution >= 0.6 is 11.8 Å². The largest absolute Gasteiger partial charge is 0.497 e. The zero-order valence-corrected chi connectivity index (χ0v) is 16.1. The average Bonchev–Trinajstić information content (AvgIpc) is 3.09. The number of carbonyl (C=O) groups excluding carboxylic acids is 1. The molecule has 0 aliphatic carbocycles. The summed E-state index contributed by atoms with van der Waals surface area (Å²) in [5.74, 6) is 0.760. The molecule has 3 rings (SSSR count). The maximum atomic E-state index is 14.4. The maximum Gasteiger partial charge on any atom is 0.230 e. The number of rotatable bonds is 8. The minimum absolute atomic E-state index is 0.0547.